The minimum absolute atomic E-state index is 0.764. The van der Waals surface area contributed by atoms with Crippen LogP contribution in [0.2, 0.25) is 5.02 Å². The van der Waals surface area contributed by atoms with Gasteiger partial charge in [-0.2, -0.15) is 5.10 Å². The second-order valence-corrected chi connectivity index (χ2v) is 5.36. The van der Waals surface area contributed by atoms with E-state index in [1.807, 2.05) is 30.8 Å². The van der Waals surface area contributed by atoms with Crippen LogP contribution in [0.5, 0.6) is 0 Å². The molecule has 0 radical (unpaired) electrons. The number of hydrogen-bond acceptors (Lipinski definition) is 3. The fourth-order valence-electron chi connectivity index (χ4n) is 2.72. The van der Waals surface area contributed by atoms with Crippen LogP contribution in [-0.2, 0) is 20.0 Å². The maximum Gasteiger partial charge on any atom is 0.0865 e. The Morgan fingerprint density at radius 2 is 2.21 bits per heavy atom. The van der Waals surface area contributed by atoms with E-state index in [4.69, 9.17) is 17.3 Å². The van der Waals surface area contributed by atoms with Gasteiger partial charge in [0, 0.05) is 30.5 Å². The van der Waals surface area contributed by atoms with Crippen molar-refractivity contribution in [2.45, 2.75) is 19.9 Å². The van der Waals surface area contributed by atoms with Crippen LogP contribution in [0.15, 0.2) is 18.2 Å². The third-order valence-electron chi connectivity index (χ3n) is 3.76. The number of nitrogen functional groups attached to an aromatic ring is 1. The SMILES string of the molecule is Cc1nn(C)c(CN2CCc3c(N)cccc32)c1Cl. The molecule has 19 heavy (non-hydrogen) atoms. The number of aryl methyl sites for hydroxylation is 2. The minimum atomic E-state index is 0.764. The van der Waals surface area contributed by atoms with Gasteiger partial charge in [0.05, 0.1) is 23.0 Å². The van der Waals surface area contributed by atoms with Crippen LogP contribution in [0.3, 0.4) is 0 Å². The summed E-state index contributed by atoms with van der Waals surface area (Å²) in [6.07, 6.45) is 0.996. The van der Waals surface area contributed by atoms with Gasteiger partial charge in [0.2, 0.25) is 0 Å². The molecule has 1 aromatic heterocycles. The van der Waals surface area contributed by atoms with Gasteiger partial charge in [-0.3, -0.25) is 4.68 Å². The lowest BCUT2D eigenvalue weighted by molar-refractivity contribution is 0.684. The molecule has 0 unspecified atom stereocenters. The predicted octanol–water partition coefficient (Wildman–Crippen LogP) is 2.53. The second kappa shape index (κ2) is 4.46. The van der Waals surface area contributed by atoms with Crippen LogP contribution < -0.4 is 10.6 Å². The van der Waals surface area contributed by atoms with E-state index < -0.39 is 0 Å². The van der Waals surface area contributed by atoms with Gasteiger partial charge >= 0.3 is 0 Å². The number of halogens is 1. The maximum absolute atomic E-state index is 6.32. The molecule has 0 bridgehead atoms. The highest BCUT2D eigenvalue weighted by Gasteiger charge is 2.23. The summed E-state index contributed by atoms with van der Waals surface area (Å²) in [5.41, 5.74) is 11.3. The number of aromatic nitrogens is 2. The first-order chi connectivity index (χ1) is 9.08. The van der Waals surface area contributed by atoms with Crippen molar-refractivity contribution in [2.75, 3.05) is 17.2 Å². The van der Waals surface area contributed by atoms with Crippen LogP contribution in [0.4, 0.5) is 11.4 Å². The van der Waals surface area contributed by atoms with Crippen LogP contribution in [-0.4, -0.2) is 16.3 Å². The van der Waals surface area contributed by atoms with Crippen molar-refractivity contribution < 1.29 is 0 Å². The van der Waals surface area contributed by atoms with Crippen molar-refractivity contribution in [2.24, 2.45) is 7.05 Å². The van der Waals surface area contributed by atoms with Crippen LogP contribution in [0.25, 0.3) is 0 Å². The molecule has 0 amide bonds. The number of nitrogens with zero attached hydrogens (tertiary/aromatic N) is 3. The van der Waals surface area contributed by atoms with E-state index in [0.717, 1.165) is 41.6 Å². The van der Waals surface area contributed by atoms with Crippen LogP contribution >= 0.6 is 11.6 Å². The van der Waals surface area contributed by atoms with Crippen LogP contribution in [0, 0.1) is 6.92 Å². The Morgan fingerprint density at radius 3 is 2.89 bits per heavy atom. The standard InChI is InChI=1S/C14H17ClN4/c1-9-14(15)13(18(2)17-9)8-19-7-6-10-11(16)4-3-5-12(10)19/h3-5H,6-8,16H2,1-2H3. The maximum atomic E-state index is 6.32. The average Bonchev–Trinajstić information content (AvgIpc) is 2.88. The molecule has 4 nitrogen and oxygen atoms in total. The summed E-state index contributed by atoms with van der Waals surface area (Å²) in [5.74, 6) is 0. The molecule has 0 saturated carbocycles. The summed E-state index contributed by atoms with van der Waals surface area (Å²) >= 11 is 6.32. The van der Waals surface area contributed by atoms with E-state index in [1.54, 1.807) is 0 Å². The molecule has 1 aliphatic heterocycles. The molecular formula is C14H17ClN4. The number of nitrogens with two attached hydrogens (primary N) is 1. The molecule has 0 saturated heterocycles. The summed E-state index contributed by atoms with van der Waals surface area (Å²) in [6, 6.07) is 6.09. The highest BCUT2D eigenvalue weighted by molar-refractivity contribution is 6.31. The number of fused-ring (bicyclic) bond motifs is 1. The molecule has 3 rings (SSSR count). The topological polar surface area (TPSA) is 47.1 Å². The molecular weight excluding hydrogens is 260 g/mol. The molecule has 100 valence electrons. The molecule has 0 spiro atoms. The van der Waals surface area contributed by atoms with Gasteiger partial charge in [-0.05, 0) is 25.5 Å². The third-order valence-corrected chi connectivity index (χ3v) is 4.25. The molecule has 0 atom stereocenters. The largest absolute Gasteiger partial charge is 0.398 e. The lowest BCUT2D eigenvalue weighted by atomic mass is 10.1. The summed E-state index contributed by atoms with van der Waals surface area (Å²) in [6.45, 7) is 3.68. The second-order valence-electron chi connectivity index (χ2n) is 4.99. The summed E-state index contributed by atoms with van der Waals surface area (Å²) in [5, 5.41) is 5.12. The lowest BCUT2D eigenvalue weighted by Crippen LogP contribution is -2.21. The molecule has 1 aliphatic rings. The zero-order valence-electron chi connectivity index (χ0n) is 11.2. The molecule has 2 N–H and O–H groups in total. The molecule has 0 aliphatic carbocycles. The first-order valence-electron chi connectivity index (χ1n) is 6.38. The highest BCUT2D eigenvalue weighted by atomic mass is 35.5. The molecule has 0 fully saturated rings. The number of hydrogen-bond donors (Lipinski definition) is 1. The van der Waals surface area contributed by atoms with Gasteiger partial charge in [-0.15, -0.1) is 0 Å². The summed E-state index contributed by atoms with van der Waals surface area (Å²) in [4.78, 5) is 2.31. The molecule has 5 heteroatoms. The van der Waals surface area contributed by atoms with E-state index in [2.05, 4.69) is 16.1 Å². The fraction of sp³-hybridized carbons (Fsp3) is 0.357. The Hall–Kier alpha value is -1.68. The first kappa shape index (κ1) is 12.4. The third kappa shape index (κ3) is 1.96. The van der Waals surface area contributed by atoms with E-state index in [0.29, 0.717) is 0 Å². The lowest BCUT2D eigenvalue weighted by Gasteiger charge is -2.19. The number of rotatable bonds is 2. The van der Waals surface area contributed by atoms with Crippen molar-refractivity contribution in [3.63, 3.8) is 0 Å². The van der Waals surface area contributed by atoms with Gasteiger partial charge in [0.1, 0.15) is 0 Å². The van der Waals surface area contributed by atoms with Gasteiger partial charge in [0.25, 0.3) is 0 Å². The van der Waals surface area contributed by atoms with E-state index >= 15 is 0 Å². The number of benzene rings is 1. The zero-order chi connectivity index (χ0) is 13.6. The van der Waals surface area contributed by atoms with Gasteiger partial charge in [0.15, 0.2) is 0 Å². The predicted molar refractivity (Wildman–Crippen MR) is 78.6 cm³/mol. The fourth-order valence-corrected chi connectivity index (χ4v) is 2.94. The van der Waals surface area contributed by atoms with Crippen molar-refractivity contribution in [1.29, 1.82) is 0 Å². The number of anilines is 2. The Balaban J connectivity index is 1.93. The zero-order valence-corrected chi connectivity index (χ0v) is 11.9. The average molecular weight is 277 g/mol. The van der Waals surface area contributed by atoms with Crippen molar-refractivity contribution in [3.05, 3.63) is 40.2 Å². The van der Waals surface area contributed by atoms with E-state index in [-0.39, 0.29) is 0 Å². The summed E-state index contributed by atoms with van der Waals surface area (Å²) < 4.78 is 1.86. The van der Waals surface area contributed by atoms with Gasteiger partial charge in [-0.25, -0.2) is 0 Å². The van der Waals surface area contributed by atoms with Crippen molar-refractivity contribution in [3.8, 4) is 0 Å². The smallest absolute Gasteiger partial charge is 0.0865 e. The van der Waals surface area contributed by atoms with Gasteiger partial charge in [-0.1, -0.05) is 17.7 Å². The molecule has 2 heterocycles. The van der Waals surface area contributed by atoms with E-state index in [1.165, 1.54) is 11.3 Å². The Morgan fingerprint density at radius 1 is 1.42 bits per heavy atom. The quantitative estimate of drug-likeness (QED) is 0.858. The molecule has 1 aromatic carbocycles. The monoisotopic (exact) mass is 276 g/mol. The van der Waals surface area contributed by atoms with Gasteiger partial charge < -0.3 is 10.6 Å². The normalized spacial score (nSPS) is 13.9. The van der Waals surface area contributed by atoms with Crippen molar-refractivity contribution >= 4 is 23.0 Å². The highest BCUT2D eigenvalue weighted by Crippen LogP contribution is 2.34. The Labute approximate surface area is 117 Å². The van der Waals surface area contributed by atoms with E-state index in [9.17, 15) is 0 Å². The Kier molecular flexibility index (Phi) is 2.90. The Bertz CT molecular complexity index is 633. The molecule has 2 aromatic rings. The first-order valence-corrected chi connectivity index (χ1v) is 6.76. The van der Waals surface area contributed by atoms with Crippen LogP contribution in [0.1, 0.15) is 17.0 Å². The summed E-state index contributed by atoms with van der Waals surface area (Å²) in [7, 11) is 1.94. The minimum Gasteiger partial charge on any atom is -0.398 e. The van der Waals surface area contributed by atoms with Crippen molar-refractivity contribution in [1.82, 2.24) is 9.78 Å².